The van der Waals surface area contributed by atoms with E-state index in [4.69, 9.17) is 0 Å². The lowest BCUT2D eigenvalue weighted by atomic mass is 9.80. The number of benzene rings is 2. The van der Waals surface area contributed by atoms with Crippen LogP contribution >= 0.6 is 0 Å². The van der Waals surface area contributed by atoms with Gasteiger partial charge in [-0.25, -0.2) is 0 Å². The third kappa shape index (κ3) is 5.80. The summed E-state index contributed by atoms with van der Waals surface area (Å²) in [5, 5.41) is 20.9. The quantitative estimate of drug-likeness (QED) is 0.517. The van der Waals surface area contributed by atoms with E-state index in [-0.39, 0.29) is 10.8 Å². The van der Waals surface area contributed by atoms with Gasteiger partial charge in [-0.05, 0) is 89.0 Å². The molecule has 0 aromatic heterocycles. The smallest absolute Gasteiger partial charge is 0.119 e. The Bertz CT molecular complexity index is 807. The van der Waals surface area contributed by atoms with Gasteiger partial charge in [0.25, 0.3) is 0 Å². The molecule has 0 saturated heterocycles. The van der Waals surface area contributed by atoms with Crippen LogP contribution in [0.5, 0.6) is 11.5 Å². The summed E-state index contributed by atoms with van der Waals surface area (Å²) >= 11 is 0. The van der Waals surface area contributed by atoms with Crippen LogP contribution in [-0.2, 0) is 23.7 Å². The van der Waals surface area contributed by atoms with Gasteiger partial charge in [0.15, 0.2) is 0 Å². The Labute approximate surface area is 184 Å². The summed E-state index contributed by atoms with van der Waals surface area (Å²) < 4.78 is 0. The van der Waals surface area contributed by atoms with Crippen molar-refractivity contribution >= 4 is 0 Å². The highest BCUT2D eigenvalue weighted by atomic mass is 16.3. The topological polar surface area (TPSA) is 40.5 Å². The van der Waals surface area contributed by atoms with Gasteiger partial charge in [0, 0.05) is 0 Å². The minimum Gasteiger partial charge on any atom is -0.508 e. The van der Waals surface area contributed by atoms with E-state index in [1.165, 1.54) is 22.3 Å². The number of rotatable bonds is 6. The lowest BCUT2D eigenvalue weighted by Gasteiger charge is -2.26. The van der Waals surface area contributed by atoms with Crippen LogP contribution in [0, 0.1) is 19.8 Å². The highest BCUT2D eigenvalue weighted by Crippen LogP contribution is 2.36. The average molecular weight is 411 g/mol. The van der Waals surface area contributed by atoms with Crippen LogP contribution in [0.15, 0.2) is 24.3 Å². The van der Waals surface area contributed by atoms with Crippen molar-refractivity contribution in [2.24, 2.45) is 5.92 Å². The summed E-state index contributed by atoms with van der Waals surface area (Å²) in [6, 6.07) is 8.31. The number of phenols is 2. The number of hydrogen-bond donors (Lipinski definition) is 2. The van der Waals surface area contributed by atoms with Crippen LogP contribution in [0.4, 0.5) is 0 Å². The monoisotopic (exact) mass is 410 g/mol. The van der Waals surface area contributed by atoms with Crippen LogP contribution in [0.25, 0.3) is 0 Å². The molecule has 0 bridgehead atoms. The summed E-state index contributed by atoms with van der Waals surface area (Å²) in [6.45, 7) is 19.4. The Morgan fingerprint density at radius 3 is 1.37 bits per heavy atom. The normalized spacial score (nSPS) is 12.6. The maximum atomic E-state index is 10.5. The molecule has 0 fully saturated rings. The molecule has 0 spiro atoms. The summed E-state index contributed by atoms with van der Waals surface area (Å²) in [6.07, 6.45) is 4.33. The SMILES string of the molecule is CCCC(Cc1cc(C(C)(C)C)c(O)cc1C)Cc1cc(C(C)(C)C)c(O)cc1C. The van der Waals surface area contributed by atoms with Crippen molar-refractivity contribution in [2.45, 2.75) is 98.8 Å². The minimum atomic E-state index is -0.0814. The molecule has 166 valence electrons. The molecule has 0 radical (unpaired) electrons. The third-order valence-corrected chi connectivity index (χ3v) is 6.24. The molecular weight excluding hydrogens is 368 g/mol. The Balaban J connectivity index is 2.39. The highest BCUT2D eigenvalue weighted by molar-refractivity contribution is 5.46. The number of phenolic OH excluding ortho intramolecular Hbond substituents is 2. The van der Waals surface area contributed by atoms with E-state index in [0.29, 0.717) is 17.4 Å². The Morgan fingerprint density at radius 1 is 0.700 bits per heavy atom. The largest absolute Gasteiger partial charge is 0.508 e. The molecule has 2 N–H and O–H groups in total. The first kappa shape index (κ1) is 24.3. The average Bonchev–Trinajstić information content (AvgIpc) is 2.57. The van der Waals surface area contributed by atoms with Gasteiger partial charge in [-0.15, -0.1) is 0 Å². The Morgan fingerprint density at radius 2 is 1.07 bits per heavy atom. The maximum Gasteiger partial charge on any atom is 0.119 e. The fourth-order valence-corrected chi connectivity index (χ4v) is 4.42. The number of aromatic hydroxyl groups is 2. The van der Waals surface area contributed by atoms with E-state index in [0.717, 1.165) is 36.8 Å². The highest BCUT2D eigenvalue weighted by Gasteiger charge is 2.23. The molecule has 0 aliphatic heterocycles. The van der Waals surface area contributed by atoms with Crippen LogP contribution in [-0.4, -0.2) is 10.2 Å². The van der Waals surface area contributed by atoms with Crippen LogP contribution < -0.4 is 0 Å². The predicted octanol–water partition coefficient (Wildman–Crippen LogP) is 7.51. The first-order valence-corrected chi connectivity index (χ1v) is 11.4. The van der Waals surface area contributed by atoms with Gasteiger partial charge in [-0.2, -0.15) is 0 Å². The first-order chi connectivity index (χ1) is 13.7. The molecule has 0 saturated carbocycles. The predicted molar refractivity (Wildman–Crippen MR) is 129 cm³/mol. The zero-order valence-electron chi connectivity index (χ0n) is 20.6. The molecule has 30 heavy (non-hydrogen) atoms. The van der Waals surface area contributed by atoms with Gasteiger partial charge in [0.2, 0.25) is 0 Å². The Hall–Kier alpha value is -1.96. The van der Waals surface area contributed by atoms with Crippen molar-refractivity contribution in [3.63, 3.8) is 0 Å². The fraction of sp³-hybridized carbons (Fsp3) is 0.571. The van der Waals surface area contributed by atoms with Gasteiger partial charge in [-0.1, -0.05) is 73.4 Å². The van der Waals surface area contributed by atoms with Crippen LogP contribution in [0.2, 0.25) is 0 Å². The molecular formula is C28H42O2. The first-order valence-electron chi connectivity index (χ1n) is 11.4. The molecule has 0 unspecified atom stereocenters. The molecule has 2 rings (SSSR count). The fourth-order valence-electron chi connectivity index (χ4n) is 4.42. The van der Waals surface area contributed by atoms with Crippen molar-refractivity contribution in [1.29, 1.82) is 0 Å². The number of hydrogen-bond acceptors (Lipinski definition) is 2. The summed E-state index contributed by atoms with van der Waals surface area (Å²) in [5.41, 5.74) is 6.89. The summed E-state index contributed by atoms with van der Waals surface area (Å²) in [5.74, 6) is 1.34. The molecule has 0 aliphatic rings. The second-order valence-electron chi connectivity index (χ2n) is 11.2. The van der Waals surface area contributed by atoms with Crippen molar-refractivity contribution in [3.05, 3.63) is 57.6 Å². The second-order valence-corrected chi connectivity index (χ2v) is 11.2. The van der Waals surface area contributed by atoms with Crippen molar-refractivity contribution in [2.75, 3.05) is 0 Å². The molecule has 2 heteroatoms. The van der Waals surface area contributed by atoms with Crippen molar-refractivity contribution in [1.82, 2.24) is 0 Å². The third-order valence-electron chi connectivity index (χ3n) is 6.24. The maximum absolute atomic E-state index is 10.5. The Kier molecular flexibility index (Phi) is 7.32. The van der Waals surface area contributed by atoms with Crippen molar-refractivity contribution < 1.29 is 10.2 Å². The standard InChI is InChI=1S/C28H42O2/c1-10-11-20(14-21-16-23(27(4,5)6)25(29)12-18(21)2)15-22-17-24(28(7,8)9)26(30)13-19(22)3/h12-13,16-17,20,29-30H,10-11,14-15H2,1-9H3. The lowest BCUT2D eigenvalue weighted by Crippen LogP contribution is -2.16. The van der Waals surface area contributed by atoms with Gasteiger partial charge in [0.1, 0.15) is 11.5 Å². The van der Waals surface area contributed by atoms with E-state index >= 15 is 0 Å². The van der Waals surface area contributed by atoms with Gasteiger partial charge in [0.05, 0.1) is 0 Å². The van der Waals surface area contributed by atoms with Crippen LogP contribution in [0.3, 0.4) is 0 Å². The second kappa shape index (κ2) is 9.04. The zero-order valence-corrected chi connectivity index (χ0v) is 20.6. The molecule has 0 amide bonds. The molecule has 2 nitrogen and oxygen atoms in total. The van der Waals surface area contributed by atoms with Gasteiger partial charge >= 0.3 is 0 Å². The van der Waals surface area contributed by atoms with Crippen molar-refractivity contribution in [3.8, 4) is 11.5 Å². The van der Waals surface area contributed by atoms with Gasteiger partial charge < -0.3 is 10.2 Å². The van der Waals surface area contributed by atoms with Crippen LogP contribution in [0.1, 0.15) is 94.7 Å². The summed E-state index contributed by atoms with van der Waals surface area (Å²) in [4.78, 5) is 0. The van der Waals surface area contributed by atoms with E-state index in [1.807, 2.05) is 12.1 Å². The molecule has 2 aromatic rings. The molecule has 2 aromatic carbocycles. The van der Waals surface area contributed by atoms with Gasteiger partial charge in [-0.3, -0.25) is 0 Å². The lowest BCUT2D eigenvalue weighted by molar-refractivity contribution is 0.440. The molecule has 0 atom stereocenters. The van der Waals surface area contributed by atoms with E-state index in [1.54, 1.807) is 0 Å². The summed E-state index contributed by atoms with van der Waals surface area (Å²) in [7, 11) is 0. The minimum absolute atomic E-state index is 0.0814. The number of aryl methyl sites for hydroxylation is 2. The zero-order chi connectivity index (χ0) is 22.9. The molecule has 0 heterocycles. The molecule has 0 aliphatic carbocycles. The van der Waals surface area contributed by atoms with E-state index in [2.05, 4.69) is 74.4 Å². The van der Waals surface area contributed by atoms with E-state index in [9.17, 15) is 10.2 Å². The van der Waals surface area contributed by atoms with E-state index < -0.39 is 0 Å².